The lowest BCUT2D eigenvalue weighted by Gasteiger charge is -2.23. The number of ether oxygens (including phenoxy) is 1. The molecule has 1 aliphatic carbocycles. The molecule has 1 saturated carbocycles. The van der Waals surface area contributed by atoms with Crippen LogP contribution in [0.3, 0.4) is 0 Å². The first-order chi connectivity index (χ1) is 20.2. The highest BCUT2D eigenvalue weighted by molar-refractivity contribution is 7.99. The van der Waals surface area contributed by atoms with Crippen molar-refractivity contribution >= 4 is 33.4 Å². The van der Waals surface area contributed by atoms with Gasteiger partial charge < -0.3 is 15.2 Å². The first-order valence-electron chi connectivity index (χ1n) is 13.4. The molecule has 0 saturated heterocycles. The lowest BCUT2D eigenvalue weighted by molar-refractivity contribution is -0.141. The Morgan fingerprint density at radius 1 is 1.09 bits per heavy atom. The molecule has 0 bridgehead atoms. The van der Waals surface area contributed by atoms with Crippen molar-refractivity contribution in [3.63, 3.8) is 0 Å². The average Bonchev–Trinajstić information content (AvgIpc) is 2.93. The van der Waals surface area contributed by atoms with Crippen LogP contribution in [0.4, 0.5) is 23.2 Å². The maximum atomic E-state index is 14.9. The molecule has 1 unspecified atom stereocenters. The zero-order valence-electron chi connectivity index (χ0n) is 23.4. The van der Waals surface area contributed by atoms with Crippen molar-refractivity contribution in [2.24, 2.45) is 0 Å². The molecule has 0 spiro atoms. The summed E-state index contributed by atoms with van der Waals surface area (Å²) in [4.78, 5) is 17.6. The number of amides is 1. The Labute approximate surface area is 251 Å². The second kappa shape index (κ2) is 13.4. The number of phenolic OH excluding ortho intramolecular Hbond substituents is 1. The summed E-state index contributed by atoms with van der Waals surface area (Å²) in [6.07, 6.45) is 0.980. The number of sulfonamides is 1. The number of nitrogens with one attached hydrogen (secondary N) is 2. The Kier molecular flexibility index (Phi) is 10.1. The molecule has 3 aromatic rings. The van der Waals surface area contributed by atoms with Crippen LogP contribution in [0.1, 0.15) is 60.4 Å². The minimum absolute atomic E-state index is 0.108. The summed E-state index contributed by atoms with van der Waals surface area (Å²) >= 11 is 1.27. The molecule has 1 amide bonds. The third kappa shape index (κ3) is 8.53. The number of halogens is 4. The summed E-state index contributed by atoms with van der Waals surface area (Å²) in [6.45, 7) is -0.159. The van der Waals surface area contributed by atoms with Crippen molar-refractivity contribution in [2.75, 3.05) is 18.1 Å². The van der Waals surface area contributed by atoms with Gasteiger partial charge in [0.1, 0.15) is 16.5 Å². The van der Waals surface area contributed by atoms with Crippen molar-refractivity contribution in [1.29, 1.82) is 0 Å². The fourth-order valence-electron chi connectivity index (χ4n) is 4.86. The first-order valence-corrected chi connectivity index (χ1v) is 16.2. The van der Waals surface area contributed by atoms with Crippen LogP contribution in [0.5, 0.6) is 11.5 Å². The van der Waals surface area contributed by atoms with Crippen LogP contribution in [0, 0.1) is 5.82 Å². The number of hydrogen-bond acceptors (Lipinski definition) is 7. The number of carbonyl (C=O) groups is 1. The molecule has 43 heavy (non-hydrogen) atoms. The Hall–Kier alpha value is -3.52. The van der Waals surface area contributed by atoms with Crippen molar-refractivity contribution in [3.05, 3.63) is 76.7 Å². The molecule has 1 atom stereocenters. The average molecular weight is 642 g/mol. The molecule has 14 heteroatoms. The maximum Gasteiger partial charge on any atom is 0.433 e. The van der Waals surface area contributed by atoms with Crippen molar-refractivity contribution < 1.29 is 40.6 Å². The normalized spacial score (nSPS) is 15.1. The lowest BCUT2D eigenvalue weighted by atomic mass is 9.89. The van der Waals surface area contributed by atoms with Gasteiger partial charge in [-0.2, -0.15) is 13.2 Å². The van der Waals surface area contributed by atoms with E-state index in [1.165, 1.54) is 55.3 Å². The van der Waals surface area contributed by atoms with E-state index in [2.05, 4.69) is 15.0 Å². The van der Waals surface area contributed by atoms with E-state index in [0.29, 0.717) is 5.56 Å². The van der Waals surface area contributed by atoms with E-state index >= 15 is 0 Å². The van der Waals surface area contributed by atoms with Crippen LogP contribution in [-0.4, -0.2) is 43.0 Å². The third-order valence-corrected chi connectivity index (χ3v) is 8.91. The number of anilines is 1. The molecule has 3 N–H and O–H groups in total. The fourth-order valence-corrected chi connectivity index (χ4v) is 6.76. The highest BCUT2D eigenvalue weighted by Gasteiger charge is 2.34. The molecule has 1 fully saturated rings. The van der Waals surface area contributed by atoms with Gasteiger partial charge in [-0.15, -0.1) is 11.8 Å². The largest absolute Gasteiger partial charge is 0.504 e. The Balaban J connectivity index is 1.66. The highest BCUT2D eigenvalue weighted by Crippen LogP contribution is 2.38. The van der Waals surface area contributed by atoms with E-state index in [-0.39, 0.29) is 45.1 Å². The smallest absolute Gasteiger partial charge is 0.433 e. The molecule has 4 rings (SSSR count). The Bertz CT molecular complexity index is 1580. The van der Waals surface area contributed by atoms with Gasteiger partial charge in [0, 0.05) is 17.4 Å². The van der Waals surface area contributed by atoms with Crippen LogP contribution in [-0.2, 0) is 27.5 Å². The molecule has 0 aliphatic heterocycles. The predicted molar refractivity (Wildman–Crippen MR) is 155 cm³/mol. The molecular weight excluding hydrogens is 610 g/mol. The molecule has 1 aromatic heterocycles. The zero-order chi connectivity index (χ0) is 31.4. The zero-order valence-corrected chi connectivity index (χ0v) is 25.0. The van der Waals surface area contributed by atoms with Gasteiger partial charge in [-0.3, -0.25) is 9.52 Å². The van der Waals surface area contributed by atoms with Crippen molar-refractivity contribution in [1.82, 2.24) is 10.3 Å². The van der Waals surface area contributed by atoms with Crippen molar-refractivity contribution in [3.8, 4) is 11.5 Å². The minimum Gasteiger partial charge on any atom is -0.504 e. The van der Waals surface area contributed by atoms with E-state index in [4.69, 9.17) is 4.74 Å². The van der Waals surface area contributed by atoms with E-state index in [9.17, 15) is 35.9 Å². The van der Waals surface area contributed by atoms with E-state index in [1.54, 1.807) is 0 Å². The topological polar surface area (TPSA) is 118 Å². The van der Waals surface area contributed by atoms with E-state index < -0.39 is 39.5 Å². The standard InChI is InChI=1S/C29H31F4N3O5S2/c1-41-24-12-9-18(15-23(24)37)26(17-8-11-22(21(30)14-17)36-43(2,39)40)27(38)34-16-19-10-13-25(29(31,32)33)35-28(19)42-20-6-4-3-5-7-20/h8-15,20,26,36-37H,3-7,16H2,1-2H3,(H,34,38). The second-order valence-electron chi connectivity index (χ2n) is 10.2. The Morgan fingerprint density at radius 2 is 1.77 bits per heavy atom. The first kappa shape index (κ1) is 32.4. The molecule has 232 valence electrons. The number of aromatic nitrogens is 1. The summed E-state index contributed by atoms with van der Waals surface area (Å²) in [5.74, 6) is -2.89. The van der Waals surface area contributed by atoms with Gasteiger partial charge >= 0.3 is 6.18 Å². The third-order valence-electron chi connectivity index (χ3n) is 6.93. The number of phenols is 1. The van der Waals surface area contributed by atoms with Crippen LogP contribution < -0.4 is 14.8 Å². The number of nitrogens with zero attached hydrogens (tertiary/aromatic N) is 1. The number of thioether (sulfide) groups is 1. The number of hydrogen-bond donors (Lipinski definition) is 3. The van der Waals surface area contributed by atoms with Gasteiger partial charge in [0.25, 0.3) is 0 Å². The number of carbonyl (C=O) groups excluding carboxylic acids is 1. The molecule has 2 aromatic carbocycles. The Morgan fingerprint density at radius 3 is 2.37 bits per heavy atom. The number of pyridine rings is 1. The van der Waals surface area contributed by atoms with Gasteiger partial charge in [0.05, 0.1) is 25.0 Å². The molecule has 1 aliphatic rings. The lowest BCUT2D eigenvalue weighted by Crippen LogP contribution is -2.30. The number of benzene rings is 2. The van der Waals surface area contributed by atoms with Crippen LogP contribution in [0.2, 0.25) is 0 Å². The summed E-state index contributed by atoms with van der Waals surface area (Å²) in [5.41, 5.74) is -0.539. The quantitative estimate of drug-likeness (QED) is 0.226. The minimum atomic E-state index is -4.63. The molecule has 1 heterocycles. The second-order valence-corrected chi connectivity index (χ2v) is 13.3. The fraction of sp³-hybridized carbons (Fsp3) is 0.379. The van der Waals surface area contributed by atoms with E-state index in [0.717, 1.165) is 50.5 Å². The molecule has 8 nitrogen and oxygen atoms in total. The van der Waals surface area contributed by atoms with Crippen LogP contribution in [0.15, 0.2) is 53.6 Å². The van der Waals surface area contributed by atoms with E-state index in [1.807, 2.05) is 0 Å². The molecule has 0 radical (unpaired) electrons. The predicted octanol–water partition coefficient (Wildman–Crippen LogP) is 6.20. The number of alkyl halides is 3. The van der Waals surface area contributed by atoms with Gasteiger partial charge in [-0.05, 0) is 54.3 Å². The van der Waals surface area contributed by atoms with Crippen LogP contribution >= 0.6 is 11.8 Å². The summed E-state index contributed by atoms with van der Waals surface area (Å²) < 4.78 is 85.7. The van der Waals surface area contributed by atoms with Gasteiger partial charge in [0.2, 0.25) is 15.9 Å². The maximum absolute atomic E-state index is 14.9. The summed E-state index contributed by atoms with van der Waals surface area (Å²) in [7, 11) is -2.43. The van der Waals surface area contributed by atoms with Gasteiger partial charge in [-0.25, -0.2) is 17.8 Å². The SMILES string of the molecule is COc1ccc(C(C(=O)NCc2ccc(C(F)(F)F)nc2SC2CCCCC2)c2ccc(NS(C)(=O)=O)c(F)c2)cc1O. The number of methoxy groups -OCH3 is 1. The van der Waals surface area contributed by atoms with Gasteiger partial charge in [0.15, 0.2) is 11.5 Å². The summed E-state index contributed by atoms with van der Waals surface area (Å²) in [6, 6.07) is 9.93. The van der Waals surface area contributed by atoms with Gasteiger partial charge in [-0.1, -0.05) is 37.5 Å². The summed E-state index contributed by atoms with van der Waals surface area (Å²) in [5, 5.41) is 13.4. The molecular formula is C29H31F4N3O5S2. The van der Waals surface area contributed by atoms with Crippen molar-refractivity contribution in [2.45, 2.75) is 61.0 Å². The number of rotatable bonds is 10. The van der Waals surface area contributed by atoms with Crippen LogP contribution in [0.25, 0.3) is 0 Å². The highest BCUT2D eigenvalue weighted by atomic mass is 32.2. The number of aromatic hydroxyl groups is 1. The monoisotopic (exact) mass is 641 g/mol.